The maximum atomic E-state index is 5.06. The minimum absolute atomic E-state index is 0.588. The second kappa shape index (κ2) is 11.4. The minimum Gasteiger partial charge on any atom is -0.208 e. The zero-order valence-electron chi connectivity index (χ0n) is 26.8. The maximum Gasteiger partial charge on any atom is 0.164 e. The van der Waals surface area contributed by atoms with Gasteiger partial charge in [0.25, 0.3) is 0 Å². The van der Waals surface area contributed by atoms with Gasteiger partial charge in [-0.3, -0.25) is 0 Å². The second-order valence-electron chi connectivity index (χ2n) is 13.6. The van der Waals surface area contributed by atoms with Crippen molar-refractivity contribution in [1.82, 2.24) is 29.9 Å². The van der Waals surface area contributed by atoms with Gasteiger partial charge in [0.05, 0.1) is 0 Å². The molecule has 6 heteroatoms. The predicted octanol–water partition coefficient (Wildman–Crippen LogP) is 9.43. The molecular weight excluding hydrogens is 601 g/mol. The van der Waals surface area contributed by atoms with E-state index in [-0.39, 0.29) is 0 Å². The van der Waals surface area contributed by atoms with Crippen molar-refractivity contribution >= 4 is 0 Å². The molecular formula is C43H32N6. The molecule has 0 amide bonds. The third kappa shape index (κ3) is 4.86. The summed E-state index contributed by atoms with van der Waals surface area (Å²) in [4.78, 5) is 29.8. The van der Waals surface area contributed by atoms with Crippen LogP contribution in [0, 0.1) is 23.7 Å². The van der Waals surface area contributed by atoms with Crippen molar-refractivity contribution in [2.24, 2.45) is 23.7 Å². The first-order valence-electron chi connectivity index (χ1n) is 17.1. The average Bonchev–Trinajstić information content (AvgIpc) is 3.18. The Bertz CT molecular complexity index is 2240. The zero-order valence-corrected chi connectivity index (χ0v) is 26.8. The SMILES string of the molecule is c1ccc(-c2nc(-c3ccccc3)nc(-c3cccc(-c4nc(-c5ccccc5)nc(-c5ccc(C6C7CC8CC6C87)cc5)n4)c3)n2)cc1. The summed E-state index contributed by atoms with van der Waals surface area (Å²) in [6, 6.07) is 47.3. The third-order valence-corrected chi connectivity index (χ3v) is 10.9. The van der Waals surface area contributed by atoms with Crippen molar-refractivity contribution in [1.29, 1.82) is 0 Å². The van der Waals surface area contributed by atoms with Gasteiger partial charge < -0.3 is 0 Å². The molecule has 10 rings (SSSR count). The van der Waals surface area contributed by atoms with Gasteiger partial charge in [-0.15, -0.1) is 0 Å². The first-order chi connectivity index (χ1) is 24.2. The summed E-state index contributed by atoms with van der Waals surface area (Å²) in [5, 5.41) is 0. The van der Waals surface area contributed by atoms with Crippen LogP contribution in [0.5, 0.6) is 0 Å². The largest absolute Gasteiger partial charge is 0.208 e. The molecule has 2 heterocycles. The molecule has 3 aliphatic rings. The van der Waals surface area contributed by atoms with E-state index in [2.05, 4.69) is 30.3 Å². The normalized spacial score (nSPS) is 21.5. The van der Waals surface area contributed by atoms with Crippen LogP contribution in [0.15, 0.2) is 140 Å². The van der Waals surface area contributed by atoms with Gasteiger partial charge in [0.15, 0.2) is 34.9 Å². The predicted molar refractivity (Wildman–Crippen MR) is 192 cm³/mol. The standard InChI is InChI=1S/C43H32N6/c1-4-11-27(12-5-1)38-44-39(28-13-6-2-7-14-28)47-42(46-38)31-17-10-18-32(23-31)43-48-40(29-15-8-3-9-16-29)45-41(49-43)30-21-19-26(20-22-30)36-34-24-33-25-35(36)37(33)34/h1-23,33-37H,24-25H2. The Labute approximate surface area is 285 Å². The lowest BCUT2D eigenvalue weighted by Gasteiger charge is -2.73. The van der Waals surface area contributed by atoms with Crippen LogP contribution in [0.3, 0.4) is 0 Å². The number of rotatable bonds is 7. The van der Waals surface area contributed by atoms with E-state index in [1.807, 2.05) is 109 Å². The van der Waals surface area contributed by atoms with Crippen LogP contribution >= 0.6 is 0 Å². The first kappa shape index (κ1) is 28.2. The van der Waals surface area contributed by atoms with Crippen LogP contribution in [0.2, 0.25) is 0 Å². The summed E-state index contributed by atoms with van der Waals surface area (Å²) < 4.78 is 0. The van der Waals surface area contributed by atoms with E-state index in [1.54, 1.807) is 0 Å². The van der Waals surface area contributed by atoms with Crippen LogP contribution in [-0.4, -0.2) is 29.9 Å². The molecule has 2 atom stereocenters. The van der Waals surface area contributed by atoms with Gasteiger partial charge >= 0.3 is 0 Å². The summed E-state index contributed by atoms with van der Waals surface area (Å²) in [7, 11) is 0. The highest BCUT2D eigenvalue weighted by atomic mass is 15.0. The fourth-order valence-electron chi connectivity index (χ4n) is 8.43. The topological polar surface area (TPSA) is 77.3 Å². The lowest BCUT2D eigenvalue weighted by Crippen LogP contribution is -2.65. The monoisotopic (exact) mass is 632 g/mol. The molecule has 0 saturated heterocycles. The quantitative estimate of drug-likeness (QED) is 0.174. The molecule has 0 radical (unpaired) electrons. The summed E-state index contributed by atoms with van der Waals surface area (Å²) in [5.74, 6) is 8.36. The highest BCUT2D eigenvalue weighted by Gasteiger charge is 2.67. The van der Waals surface area contributed by atoms with E-state index >= 15 is 0 Å². The number of benzene rings is 5. The molecule has 49 heavy (non-hydrogen) atoms. The number of nitrogens with zero attached hydrogens (tertiary/aromatic N) is 6. The number of hydrogen-bond acceptors (Lipinski definition) is 6. The van der Waals surface area contributed by atoms with Crippen molar-refractivity contribution in [3.63, 3.8) is 0 Å². The maximum absolute atomic E-state index is 5.06. The van der Waals surface area contributed by atoms with Gasteiger partial charge in [-0.25, -0.2) is 29.9 Å². The van der Waals surface area contributed by atoms with E-state index in [0.29, 0.717) is 34.9 Å². The van der Waals surface area contributed by atoms with E-state index < -0.39 is 0 Å². The van der Waals surface area contributed by atoms with Gasteiger partial charge in [0.2, 0.25) is 0 Å². The Morgan fingerprint density at radius 1 is 0.347 bits per heavy atom. The molecule has 5 aromatic carbocycles. The van der Waals surface area contributed by atoms with Crippen molar-refractivity contribution in [3.8, 4) is 68.3 Å². The second-order valence-corrected chi connectivity index (χ2v) is 13.6. The zero-order chi connectivity index (χ0) is 32.3. The van der Waals surface area contributed by atoms with Crippen molar-refractivity contribution in [3.05, 3.63) is 145 Å². The van der Waals surface area contributed by atoms with Crippen molar-refractivity contribution in [2.45, 2.75) is 18.8 Å². The van der Waals surface area contributed by atoms with Gasteiger partial charge in [-0.2, -0.15) is 0 Å². The molecule has 0 aliphatic heterocycles. The summed E-state index contributed by atoms with van der Waals surface area (Å²) >= 11 is 0. The van der Waals surface area contributed by atoms with E-state index in [0.717, 1.165) is 63.0 Å². The Morgan fingerprint density at radius 3 is 1.06 bits per heavy atom. The molecule has 0 N–H and O–H groups in total. The molecule has 7 aromatic rings. The smallest absolute Gasteiger partial charge is 0.164 e. The minimum atomic E-state index is 0.588. The Hall–Kier alpha value is -5.88. The number of hydrogen-bond donors (Lipinski definition) is 0. The third-order valence-electron chi connectivity index (χ3n) is 10.9. The molecule has 2 aromatic heterocycles. The van der Waals surface area contributed by atoms with Crippen molar-refractivity contribution in [2.75, 3.05) is 0 Å². The van der Waals surface area contributed by atoms with Gasteiger partial charge in [-0.1, -0.05) is 133 Å². The van der Waals surface area contributed by atoms with Crippen LogP contribution in [0.25, 0.3) is 68.3 Å². The molecule has 3 fully saturated rings. The molecule has 6 nitrogen and oxygen atoms in total. The summed E-state index contributed by atoms with van der Waals surface area (Å²) in [6.45, 7) is 0. The Balaban J connectivity index is 1.05. The van der Waals surface area contributed by atoms with E-state index in [9.17, 15) is 0 Å². The van der Waals surface area contributed by atoms with Crippen LogP contribution in [-0.2, 0) is 0 Å². The van der Waals surface area contributed by atoms with Gasteiger partial charge in [0.1, 0.15) is 0 Å². The Morgan fingerprint density at radius 2 is 0.694 bits per heavy atom. The molecule has 3 aliphatic carbocycles. The van der Waals surface area contributed by atoms with Crippen LogP contribution in [0.4, 0.5) is 0 Å². The fraction of sp³-hybridized carbons (Fsp3) is 0.163. The molecule has 2 unspecified atom stereocenters. The van der Waals surface area contributed by atoms with Crippen LogP contribution in [0.1, 0.15) is 24.3 Å². The Kier molecular flexibility index (Phi) is 6.54. The van der Waals surface area contributed by atoms with Crippen LogP contribution < -0.4 is 0 Å². The molecule has 234 valence electrons. The lowest BCUT2D eigenvalue weighted by atomic mass is 9.31. The van der Waals surface area contributed by atoms with E-state index in [1.165, 1.54) is 18.4 Å². The van der Waals surface area contributed by atoms with E-state index in [4.69, 9.17) is 29.9 Å². The summed E-state index contributed by atoms with van der Waals surface area (Å²) in [5.41, 5.74) is 7.00. The molecule has 0 spiro atoms. The summed E-state index contributed by atoms with van der Waals surface area (Å²) in [6.07, 6.45) is 2.85. The first-order valence-corrected chi connectivity index (χ1v) is 17.1. The van der Waals surface area contributed by atoms with Gasteiger partial charge in [0, 0.05) is 33.4 Å². The lowest BCUT2D eigenvalue weighted by molar-refractivity contribution is -0.214. The number of aromatic nitrogens is 6. The average molecular weight is 633 g/mol. The fourth-order valence-corrected chi connectivity index (χ4v) is 8.43. The highest BCUT2D eigenvalue weighted by molar-refractivity contribution is 5.72. The molecule has 0 bridgehead atoms. The van der Waals surface area contributed by atoms with Crippen molar-refractivity contribution < 1.29 is 0 Å². The van der Waals surface area contributed by atoms with Gasteiger partial charge in [-0.05, 0) is 54.1 Å². The highest BCUT2D eigenvalue weighted by Crippen LogP contribution is 2.75. The molecule has 3 saturated carbocycles.